The van der Waals surface area contributed by atoms with Gasteiger partial charge in [-0.2, -0.15) is 5.10 Å². The second kappa shape index (κ2) is 7.50. The molecule has 0 bridgehead atoms. The molecule has 1 amide bonds. The second-order valence-electron chi connectivity index (χ2n) is 7.34. The number of ether oxygens (including phenoxy) is 1. The molecule has 1 aliphatic heterocycles. The minimum absolute atomic E-state index is 0.0469. The summed E-state index contributed by atoms with van der Waals surface area (Å²) in [6.07, 6.45) is 2.13. The number of aromatic nitrogens is 2. The number of carbonyl (C=O) groups excluding carboxylic acids is 1. The highest BCUT2D eigenvalue weighted by Crippen LogP contribution is 2.27. The summed E-state index contributed by atoms with van der Waals surface area (Å²) >= 11 is 0. The number of likely N-dealkylation sites (tertiary alicyclic amines) is 1. The van der Waals surface area contributed by atoms with Gasteiger partial charge in [0, 0.05) is 18.7 Å². The Morgan fingerprint density at radius 3 is 2.39 bits per heavy atom. The van der Waals surface area contributed by atoms with Gasteiger partial charge in [-0.15, -0.1) is 0 Å². The number of nitrogens with zero attached hydrogens (tertiary/aromatic N) is 3. The zero-order chi connectivity index (χ0) is 19.7. The molecule has 28 heavy (non-hydrogen) atoms. The summed E-state index contributed by atoms with van der Waals surface area (Å²) in [4.78, 5) is 15.2. The number of amides is 1. The molecule has 0 N–H and O–H groups in total. The van der Waals surface area contributed by atoms with E-state index >= 15 is 0 Å². The van der Waals surface area contributed by atoms with E-state index in [9.17, 15) is 4.79 Å². The fraction of sp³-hybridized carbons (Fsp3) is 0.304. The molecule has 5 nitrogen and oxygen atoms in total. The Bertz CT molecular complexity index is 999. The molecule has 5 heteroatoms. The van der Waals surface area contributed by atoms with Crippen molar-refractivity contribution < 1.29 is 9.53 Å². The highest BCUT2D eigenvalue weighted by molar-refractivity contribution is 5.94. The van der Waals surface area contributed by atoms with Crippen molar-refractivity contribution in [1.29, 1.82) is 0 Å². The van der Waals surface area contributed by atoms with Crippen molar-refractivity contribution in [2.24, 2.45) is 0 Å². The Kier molecular flexibility index (Phi) is 4.90. The van der Waals surface area contributed by atoms with Crippen molar-refractivity contribution in [3.63, 3.8) is 0 Å². The van der Waals surface area contributed by atoms with Crippen LogP contribution in [0.1, 0.15) is 34.5 Å². The molecule has 3 aromatic rings. The van der Waals surface area contributed by atoms with Crippen LogP contribution >= 0.6 is 0 Å². The van der Waals surface area contributed by atoms with Crippen molar-refractivity contribution in [2.75, 3.05) is 20.2 Å². The first kappa shape index (κ1) is 18.3. The minimum atomic E-state index is 0.0469. The average Bonchev–Trinajstić information content (AvgIpc) is 3.40. The van der Waals surface area contributed by atoms with Crippen LogP contribution in [-0.2, 0) is 0 Å². The smallest absolute Gasteiger partial charge is 0.272 e. The van der Waals surface area contributed by atoms with Crippen LogP contribution < -0.4 is 4.74 Å². The summed E-state index contributed by atoms with van der Waals surface area (Å²) in [5.41, 5.74) is 5.53. The maximum atomic E-state index is 13.2. The first-order chi connectivity index (χ1) is 13.6. The van der Waals surface area contributed by atoms with E-state index in [-0.39, 0.29) is 5.91 Å². The molecule has 0 radical (unpaired) electrons. The van der Waals surface area contributed by atoms with Gasteiger partial charge in [-0.25, -0.2) is 4.68 Å². The highest BCUT2D eigenvalue weighted by Gasteiger charge is 2.25. The quantitative estimate of drug-likeness (QED) is 0.679. The van der Waals surface area contributed by atoms with E-state index in [0.29, 0.717) is 5.69 Å². The van der Waals surface area contributed by atoms with Crippen LogP contribution in [0.2, 0.25) is 0 Å². The summed E-state index contributed by atoms with van der Waals surface area (Å²) in [7, 11) is 1.65. The Balaban J connectivity index is 1.83. The lowest BCUT2D eigenvalue weighted by Gasteiger charge is -2.17. The number of hydrogen-bond donors (Lipinski definition) is 0. The monoisotopic (exact) mass is 375 g/mol. The maximum absolute atomic E-state index is 13.2. The average molecular weight is 375 g/mol. The summed E-state index contributed by atoms with van der Waals surface area (Å²) in [6.45, 7) is 5.73. The van der Waals surface area contributed by atoms with Crippen molar-refractivity contribution in [3.05, 3.63) is 65.4 Å². The standard InChI is InChI=1S/C23H25N3O2/c1-16-6-7-17(2)21(14-16)26-22(23(27)25-12-4-5-13-25)15-20(24-26)18-8-10-19(28-3)11-9-18/h6-11,14-15H,4-5,12-13H2,1-3H3. The van der Waals surface area contributed by atoms with E-state index < -0.39 is 0 Å². The summed E-state index contributed by atoms with van der Waals surface area (Å²) in [5, 5.41) is 4.83. The fourth-order valence-electron chi connectivity index (χ4n) is 3.65. The zero-order valence-electron chi connectivity index (χ0n) is 16.6. The van der Waals surface area contributed by atoms with Gasteiger partial charge in [-0.1, -0.05) is 12.1 Å². The van der Waals surface area contributed by atoms with E-state index in [1.54, 1.807) is 7.11 Å². The number of benzene rings is 2. The van der Waals surface area contributed by atoms with Gasteiger partial charge >= 0.3 is 0 Å². The largest absolute Gasteiger partial charge is 0.497 e. The SMILES string of the molecule is COc1ccc(-c2cc(C(=O)N3CCCC3)n(-c3cc(C)ccc3C)n2)cc1. The van der Waals surface area contributed by atoms with Crippen molar-refractivity contribution in [2.45, 2.75) is 26.7 Å². The molecule has 1 fully saturated rings. The fourth-order valence-corrected chi connectivity index (χ4v) is 3.65. The molecule has 0 unspecified atom stereocenters. The van der Waals surface area contributed by atoms with Crippen LogP contribution in [0.5, 0.6) is 5.75 Å². The molecule has 0 atom stereocenters. The van der Waals surface area contributed by atoms with Gasteiger partial charge in [0.1, 0.15) is 11.4 Å². The zero-order valence-corrected chi connectivity index (χ0v) is 16.6. The van der Waals surface area contributed by atoms with Crippen molar-refractivity contribution in [3.8, 4) is 22.7 Å². The molecule has 0 saturated carbocycles. The molecule has 1 aliphatic rings. The van der Waals surface area contributed by atoms with Crippen LogP contribution in [0.15, 0.2) is 48.5 Å². The summed E-state index contributed by atoms with van der Waals surface area (Å²) < 4.78 is 7.06. The van der Waals surface area contributed by atoms with Gasteiger partial charge in [0.25, 0.3) is 5.91 Å². The Labute approximate surface area is 165 Å². The van der Waals surface area contributed by atoms with Crippen LogP contribution in [0, 0.1) is 13.8 Å². The summed E-state index contributed by atoms with van der Waals surface area (Å²) in [6, 6.07) is 15.9. The number of rotatable bonds is 4. The van der Waals surface area contributed by atoms with Gasteiger partial charge in [0.2, 0.25) is 0 Å². The van der Waals surface area contributed by atoms with Crippen LogP contribution in [0.3, 0.4) is 0 Å². The number of methoxy groups -OCH3 is 1. The van der Waals surface area contributed by atoms with E-state index in [4.69, 9.17) is 9.84 Å². The Hall–Kier alpha value is -3.08. The lowest BCUT2D eigenvalue weighted by atomic mass is 10.1. The summed E-state index contributed by atoms with van der Waals surface area (Å²) in [5.74, 6) is 0.844. The van der Waals surface area contributed by atoms with Gasteiger partial charge < -0.3 is 9.64 Å². The normalized spacial score (nSPS) is 13.8. The van der Waals surface area contributed by atoms with Crippen molar-refractivity contribution >= 4 is 5.91 Å². The highest BCUT2D eigenvalue weighted by atomic mass is 16.5. The first-order valence-electron chi connectivity index (χ1n) is 9.68. The molecule has 4 rings (SSSR count). The Morgan fingerprint density at radius 2 is 1.71 bits per heavy atom. The number of aryl methyl sites for hydroxylation is 2. The molecule has 1 saturated heterocycles. The van der Waals surface area contributed by atoms with Gasteiger partial charge in [-0.05, 0) is 74.2 Å². The minimum Gasteiger partial charge on any atom is -0.497 e. The van der Waals surface area contributed by atoms with Crippen molar-refractivity contribution in [1.82, 2.24) is 14.7 Å². The first-order valence-corrected chi connectivity index (χ1v) is 9.68. The van der Waals surface area contributed by atoms with E-state index in [0.717, 1.165) is 59.8 Å². The topological polar surface area (TPSA) is 47.4 Å². The molecule has 0 aliphatic carbocycles. The third-order valence-corrected chi connectivity index (χ3v) is 5.30. The molecular weight excluding hydrogens is 350 g/mol. The van der Waals surface area contributed by atoms with E-state index in [1.165, 1.54) is 0 Å². The molecule has 144 valence electrons. The van der Waals surface area contributed by atoms with E-state index in [2.05, 4.69) is 25.1 Å². The van der Waals surface area contributed by atoms with Crippen LogP contribution in [0.4, 0.5) is 0 Å². The predicted molar refractivity (Wildman–Crippen MR) is 110 cm³/mol. The molecule has 0 spiro atoms. The van der Waals surface area contributed by atoms with E-state index in [1.807, 2.05) is 46.8 Å². The Morgan fingerprint density at radius 1 is 1.00 bits per heavy atom. The third kappa shape index (κ3) is 3.40. The number of carbonyl (C=O) groups is 1. The molecular formula is C23H25N3O2. The lowest BCUT2D eigenvalue weighted by Crippen LogP contribution is -2.29. The lowest BCUT2D eigenvalue weighted by molar-refractivity contribution is 0.0784. The predicted octanol–water partition coefficient (Wildman–Crippen LogP) is 4.40. The van der Waals surface area contributed by atoms with Gasteiger partial charge in [0.05, 0.1) is 18.5 Å². The third-order valence-electron chi connectivity index (χ3n) is 5.30. The van der Waals surface area contributed by atoms with Gasteiger partial charge in [0.15, 0.2) is 0 Å². The van der Waals surface area contributed by atoms with Gasteiger partial charge in [-0.3, -0.25) is 4.79 Å². The second-order valence-corrected chi connectivity index (χ2v) is 7.34. The molecule has 1 aromatic heterocycles. The molecule has 2 heterocycles. The van der Waals surface area contributed by atoms with Crippen LogP contribution in [-0.4, -0.2) is 40.8 Å². The van der Waals surface area contributed by atoms with Crippen LogP contribution in [0.25, 0.3) is 16.9 Å². The molecule has 2 aromatic carbocycles. The number of hydrogen-bond acceptors (Lipinski definition) is 3. The maximum Gasteiger partial charge on any atom is 0.272 e.